The summed E-state index contributed by atoms with van der Waals surface area (Å²) < 4.78 is 68.5. The number of hydrogen-bond acceptors (Lipinski definition) is 15. The van der Waals surface area contributed by atoms with Crippen molar-refractivity contribution in [2.24, 2.45) is 17.8 Å². The zero-order valence-electron chi connectivity index (χ0n) is 60.7. The van der Waals surface area contributed by atoms with Crippen molar-refractivity contribution in [3.05, 3.63) is 0 Å². The van der Waals surface area contributed by atoms with Gasteiger partial charge >= 0.3 is 39.5 Å². The Hall–Kier alpha value is -1.94. The maximum atomic E-state index is 13.1. The van der Waals surface area contributed by atoms with Crippen LogP contribution in [0.25, 0.3) is 0 Å². The molecule has 0 amide bonds. The average Bonchev–Trinajstić information content (AvgIpc) is 1.61. The molecule has 0 rings (SSSR count). The van der Waals surface area contributed by atoms with Crippen LogP contribution >= 0.6 is 15.6 Å². The highest BCUT2D eigenvalue weighted by atomic mass is 31.2. The van der Waals surface area contributed by atoms with E-state index in [1.807, 2.05) is 0 Å². The van der Waals surface area contributed by atoms with Gasteiger partial charge in [0.1, 0.15) is 19.3 Å². The number of aliphatic hydroxyl groups is 1. The minimum atomic E-state index is -4.96. The molecule has 0 saturated carbocycles. The SMILES string of the molecule is CCCCCCCCCCCCCC(=O)OC[C@H](COP(=O)(O)OC[C@H](O)COP(=O)(O)OC[C@@H](COC(=O)CCCCCCCCCCCCCCC(C)C)OC(=O)CCCCCCCCCCCCCCC(C)C)OC(=O)CCCCCCCCCCCC(C)C. The molecule has 0 aliphatic heterocycles. The van der Waals surface area contributed by atoms with Crippen LogP contribution in [0.4, 0.5) is 0 Å². The van der Waals surface area contributed by atoms with Crippen molar-refractivity contribution >= 4 is 39.5 Å². The Morgan fingerprint density at radius 1 is 0.290 bits per heavy atom. The highest BCUT2D eigenvalue weighted by Crippen LogP contribution is 2.45. The first-order valence-electron chi connectivity index (χ1n) is 38.3. The summed E-state index contributed by atoms with van der Waals surface area (Å²) in [6.45, 7) is 11.9. The summed E-state index contributed by atoms with van der Waals surface area (Å²) in [4.78, 5) is 72.7. The lowest BCUT2D eigenvalue weighted by Gasteiger charge is -2.21. The zero-order valence-corrected chi connectivity index (χ0v) is 62.5. The molecular formula is C74H144O17P2. The summed E-state index contributed by atoms with van der Waals surface area (Å²) in [5.74, 6) is 0.175. The molecule has 2 unspecified atom stereocenters. The molecule has 0 aliphatic rings. The average molecular weight is 1370 g/mol. The summed E-state index contributed by atoms with van der Waals surface area (Å²) >= 11 is 0. The summed E-state index contributed by atoms with van der Waals surface area (Å²) in [5.41, 5.74) is 0. The number of hydrogen-bond donors (Lipinski definition) is 3. The fourth-order valence-electron chi connectivity index (χ4n) is 11.2. The van der Waals surface area contributed by atoms with E-state index in [1.54, 1.807) is 0 Å². The van der Waals surface area contributed by atoms with E-state index in [1.165, 1.54) is 186 Å². The van der Waals surface area contributed by atoms with Gasteiger partial charge in [0, 0.05) is 25.7 Å². The van der Waals surface area contributed by atoms with Crippen LogP contribution in [0.3, 0.4) is 0 Å². The molecule has 552 valence electrons. The van der Waals surface area contributed by atoms with Gasteiger partial charge in [-0.3, -0.25) is 37.3 Å². The van der Waals surface area contributed by atoms with Crippen LogP contribution in [0.15, 0.2) is 0 Å². The van der Waals surface area contributed by atoms with Gasteiger partial charge in [-0.05, 0) is 43.4 Å². The van der Waals surface area contributed by atoms with Gasteiger partial charge in [0.05, 0.1) is 26.4 Å². The summed E-state index contributed by atoms with van der Waals surface area (Å²) in [6.07, 6.45) is 49.8. The molecule has 19 heteroatoms. The van der Waals surface area contributed by atoms with Crippen molar-refractivity contribution in [2.45, 2.75) is 394 Å². The molecule has 93 heavy (non-hydrogen) atoms. The Bertz CT molecular complexity index is 1820. The minimum Gasteiger partial charge on any atom is -0.462 e. The van der Waals surface area contributed by atoms with Crippen LogP contribution in [0.2, 0.25) is 0 Å². The van der Waals surface area contributed by atoms with Gasteiger partial charge in [0.2, 0.25) is 0 Å². The lowest BCUT2D eigenvalue weighted by Crippen LogP contribution is -2.30. The molecule has 0 heterocycles. The van der Waals surface area contributed by atoms with Gasteiger partial charge in [-0.25, -0.2) is 9.13 Å². The fraction of sp³-hybridized carbons (Fsp3) is 0.946. The van der Waals surface area contributed by atoms with Gasteiger partial charge < -0.3 is 33.8 Å². The van der Waals surface area contributed by atoms with Crippen LogP contribution in [0, 0.1) is 17.8 Å². The number of phosphoric acid groups is 2. The Labute approximate surface area is 568 Å². The lowest BCUT2D eigenvalue weighted by molar-refractivity contribution is -0.161. The monoisotopic (exact) mass is 1370 g/mol. The van der Waals surface area contributed by atoms with E-state index in [0.29, 0.717) is 25.7 Å². The summed E-state index contributed by atoms with van der Waals surface area (Å²) in [6, 6.07) is 0. The predicted molar refractivity (Wildman–Crippen MR) is 377 cm³/mol. The molecule has 17 nitrogen and oxygen atoms in total. The highest BCUT2D eigenvalue weighted by molar-refractivity contribution is 7.47. The molecule has 0 saturated heterocycles. The molecule has 0 aromatic carbocycles. The topological polar surface area (TPSA) is 237 Å². The molecular weight excluding hydrogens is 1220 g/mol. The maximum absolute atomic E-state index is 13.1. The van der Waals surface area contributed by atoms with E-state index < -0.39 is 97.5 Å². The smallest absolute Gasteiger partial charge is 0.462 e. The number of rotatable bonds is 72. The lowest BCUT2D eigenvalue weighted by atomic mass is 10.0. The maximum Gasteiger partial charge on any atom is 0.472 e. The molecule has 0 radical (unpaired) electrons. The van der Waals surface area contributed by atoms with Crippen molar-refractivity contribution in [3.8, 4) is 0 Å². The molecule has 0 aromatic rings. The third-order valence-electron chi connectivity index (χ3n) is 17.1. The molecule has 0 aliphatic carbocycles. The first-order valence-corrected chi connectivity index (χ1v) is 41.3. The Morgan fingerprint density at radius 2 is 0.495 bits per heavy atom. The molecule has 0 fully saturated rings. The van der Waals surface area contributed by atoms with E-state index in [9.17, 15) is 43.2 Å². The number of carbonyl (C=O) groups is 4. The van der Waals surface area contributed by atoms with Crippen LogP contribution < -0.4 is 0 Å². The molecule has 5 atom stereocenters. The second kappa shape index (κ2) is 64.7. The second-order valence-electron chi connectivity index (χ2n) is 28.1. The van der Waals surface area contributed by atoms with E-state index in [0.717, 1.165) is 108 Å². The van der Waals surface area contributed by atoms with Crippen molar-refractivity contribution in [1.29, 1.82) is 0 Å². The first kappa shape index (κ1) is 91.1. The van der Waals surface area contributed by atoms with E-state index in [2.05, 4.69) is 48.5 Å². The van der Waals surface area contributed by atoms with Crippen molar-refractivity contribution in [2.75, 3.05) is 39.6 Å². The quantitative estimate of drug-likeness (QED) is 0.0222. The van der Waals surface area contributed by atoms with E-state index >= 15 is 0 Å². The predicted octanol–water partition coefficient (Wildman–Crippen LogP) is 21.4. The zero-order chi connectivity index (χ0) is 68.7. The van der Waals surface area contributed by atoms with Crippen LogP contribution in [-0.4, -0.2) is 96.7 Å². The molecule has 0 spiro atoms. The summed E-state index contributed by atoms with van der Waals surface area (Å²) in [7, 11) is -9.91. The number of unbranched alkanes of at least 4 members (excludes halogenated alkanes) is 40. The van der Waals surface area contributed by atoms with Gasteiger partial charge in [-0.2, -0.15) is 0 Å². The van der Waals surface area contributed by atoms with Crippen molar-refractivity contribution in [3.63, 3.8) is 0 Å². The van der Waals surface area contributed by atoms with Gasteiger partial charge in [0.15, 0.2) is 12.2 Å². The molecule has 0 aromatic heterocycles. The Morgan fingerprint density at radius 3 is 0.731 bits per heavy atom. The van der Waals surface area contributed by atoms with E-state index in [-0.39, 0.29) is 25.7 Å². The fourth-order valence-corrected chi connectivity index (χ4v) is 12.8. The number of carbonyl (C=O) groups excluding carboxylic acids is 4. The third-order valence-corrected chi connectivity index (χ3v) is 19.0. The number of esters is 4. The molecule has 3 N–H and O–H groups in total. The second-order valence-corrected chi connectivity index (χ2v) is 31.0. The number of aliphatic hydroxyl groups excluding tert-OH is 1. The highest BCUT2D eigenvalue weighted by Gasteiger charge is 2.30. The van der Waals surface area contributed by atoms with E-state index in [4.69, 9.17) is 37.0 Å². The van der Waals surface area contributed by atoms with Crippen LogP contribution in [-0.2, 0) is 65.4 Å². The van der Waals surface area contributed by atoms with Crippen molar-refractivity contribution < 1.29 is 80.2 Å². The first-order chi connectivity index (χ1) is 44.7. The number of ether oxygens (including phenoxy) is 4. The third kappa shape index (κ3) is 68.4. The summed E-state index contributed by atoms with van der Waals surface area (Å²) in [5, 5.41) is 10.6. The van der Waals surface area contributed by atoms with Crippen molar-refractivity contribution in [1.82, 2.24) is 0 Å². The van der Waals surface area contributed by atoms with Gasteiger partial charge in [-0.1, -0.05) is 325 Å². The Kier molecular flexibility index (Phi) is 63.4. The van der Waals surface area contributed by atoms with Crippen LogP contribution in [0.1, 0.15) is 376 Å². The molecule has 0 bridgehead atoms. The minimum absolute atomic E-state index is 0.105. The van der Waals surface area contributed by atoms with Gasteiger partial charge in [0.25, 0.3) is 0 Å². The Balaban J connectivity index is 5.26. The number of phosphoric ester groups is 2. The largest absolute Gasteiger partial charge is 0.472 e. The van der Waals surface area contributed by atoms with Crippen LogP contribution in [0.5, 0.6) is 0 Å². The standard InChI is InChI=1S/C74H144O17P2/c1-8-9-10-11-12-13-18-27-34-41-48-55-71(76)84-62-70(91-74(79)58-51-44-37-30-23-26-33-40-47-54-67(6)7)64-89-93(82,83)87-60-68(75)59-86-92(80,81)88-63-69(90-73(78)57-50-43-36-29-22-17-15-20-25-32-39-46-53-66(4)5)61-85-72(77)56-49-42-35-28-21-16-14-19-24-31-38-45-52-65(2)3/h65-70,75H,8-64H2,1-7H3,(H,80,81)(H,82,83)/t68-,69-,70-/m1/s1. The normalized spacial score (nSPS) is 14.1. The van der Waals surface area contributed by atoms with Gasteiger partial charge in [-0.15, -0.1) is 0 Å².